The maximum absolute atomic E-state index is 12.7. The number of rotatable bonds is 6. The molecule has 0 bridgehead atoms. The van der Waals surface area contributed by atoms with Gasteiger partial charge < -0.3 is 10.0 Å². The van der Waals surface area contributed by atoms with Crippen molar-refractivity contribution >= 4 is 11.9 Å². The highest BCUT2D eigenvalue weighted by molar-refractivity contribution is 5.80. The van der Waals surface area contributed by atoms with Gasteiger partial charge in [-0.3, -0.25) is 14.5 Å². The molecule has 0 radical (unpaired) electrons. The van der Waals surface area contributed by atoms with E-state index < -0.39 is 11.4 Å². The number of aliphatic carboxylic acids is 1. The van der Waals surface area contributed by atoms with Crippen LogP contribution in [0.2, 0.25) is 0 Å². The Morgan fingerprint density at radius 2 is 1.89 bits per heavy atom. The van der Waals surface area contributed by atoms with Crippen LogP contribution in [0.25, 0.3) is 0 Å². The van der Waals surface area contributed by atoms with Gasteiger partial charge in [0, 0.05) is 25.0 Å². The van der Waals surface area contributed by atoms with Crippen molar-refractivity contribution in [3.8, 4) is 0 Å². The Morgan fingerprint density at radius 3 is 2.43 bits per heavy atom. The van der Waals surface area contributed by atoms with Gasteiger partial charge in [-0.2, -0.15) is 0 Å². The fourth-order valence-corrected chi connectivity index (χ4v) is 5.19. The third kappa shape index (κ3) is 3.91. The maximum Gasteiger partial charge on any atom is 0.309 e. The fourth-order valence-electron chi connectivity index (χ4n) is 5.19. The lowest BCUT2D eigenvalue weighted by Crippen LogP contribution is -2.51. The van der Waals surface area contributed by atoms with Crippen LogP contribution in [0.4, 0.5) is 0 Å². The summed E-state index contributed by atoms with van der Waals surface area (Å²) in [6.07, 6.45) is 14.7. The molecule has 2 fully saturated rings. The van der Waals surface area contributed by atoms with Gasteiger partial charge in [0.05, 0.1) is 5.41 Å². The highest BCUT2D eigenvalue weighted by Gasteiger charge is 2.50. The molecule has 0 aromatic carbocycles. The summed E-state index contributed by atoms with van der Waals surface area (Å²) in [5, 5.41) is 9.34. The average molecular weight is 389 g/mol. The summed E-state index contributed by atoms with van der Waals surface area (Å²) in [5.41, 5.74) is 0.818. The molecule has 1 saturated carbocycles. The molecule has 1 heterocycles. The second kappa shape index (κ2) is 7.66. The fraction of sp³-hybridized carbons (Fsp3) is 0.739. The quantitative estimate of drug-likeness (QED) is 0.751. The number of allylic oxidation sites excluding steroid dienone is 2. The van der Waals surface area contributed by atoms with Crippen LogP contribution in [-0.4, -0.2) is 59.5 Å². The Hall–Kier alpha value is -1.62. The Kier molecular flexibility index (Phi) is 5.77. The molecule has 0 atom stereocenters. The lowest BCUT2D eigenvalue weighted by molar-refractivity contribution is -0.148. The van der Waals surface area contributed by atoms with E-state index in [0.717, 1.165) is 45.1 Å². The van der Waals surface area contributed by atoms with Gasteiger partial charge >= 0.3 is 5.97 Å². The first-order valence-electron chi connectivity index (χ1n) is 10.7. The molecule has 5 nitrogen and oxygen atoms in total. The predicted molar refractivity (Wildman–Crippen MR) is 111 cm³/mol. The van der Waals surface area contributed by atoms with Crippen molar-refractivity contribution in [3.05, 3.63) is 23.8 Å². The molecule has 0 aromatic heterocycles. The molecule has 28 heavy (non-hydrogen) atoms. The van der Waals surface area contributed by atoms with Gasteiger partial charge in [-0.05, 0) is 83.9 Å². The Bertz CT molecular complexity index is 682. The van der Waals surface area contributed by atoms with E-state index in [4.69, 9.17) is 0 Å². The molecule has 0 aromatic rings. The lowest BCUT2D eigenvalue weighted by atomic mass is 9.63. The zero-order valence-electron chi connectivity index (χ0n) is 18.0. The topological polar surface area (TPSA) is 60.9 Å². The minimum absolute atomic E-state index is 0.0723. The molecule has 2 aliphatic carbocycles. The molecule has 1 spiro atoms. The molecule has 3 rings (SSSR count). The third-order valence-corrected chi connectivity index (χ3v) is 7.52. The van der Waals surface area contributed by atoms with Gasteiger partial charge in [-0.15, -0.1) is 0 Å². The number of likely N-dealkylation sites (tertiary alicyclic amines) is 1. The average Bonchev–Trinajstić information content (AvgIpc) is 2.96. The number of carbonyl (C=O) groups excluding carboxylic acids is 1. The number of hydrogen-bond acceptors (Lipinski definition) is 3. The van der Waals surface area contributed by atoms with Crippen LogP contribution < -0.4 is 0 Å². The summed E-state index contributed by atoms with van der Waals surface area (Å²) in [4.78, 5) is 28.4. The highest BCUT2D eigenvalue weighted by atomic mass is 16.4. The van der Waals surface area contributed by atoms with Gasteiger partial charge in [0.25, 0.3) is 0 Å². The largest absolute Gasteiger partial charge is 0.481 e. The molecule has 1 saturated heterocycles. The van der Waals surface area contributed by atoms with E-state index in [1.165, 1.54) is 5.57 Å². The predicted octanol–water partition coefficient (Wildman–Crippen LogP) is 3.86. The summed E-state index contributed by atoms with van der Waals surface area (Å²) < 4.78 is 0. The van der Waals surface area contributed by atoms with Crippen molar-refractivity contribution in [1.29, 1.82) is 0 Å². The van der Waals surface area contributed by atoms with Crippen molar-refractivity contribution in [3.63, 3.8) is 0 Å². The summed E-state index contributed by atoms with van der Waals surface area (Å²) >= 11 is 0. The minimum Gasteiger partial charge on any atom is -0.481 e. The van der Waals surface area contributed by atoms with Gasteiger partial charge in [0.1, 0.15) is 0 Å². The van der Waals surface area contributed by atoms with E-state index in [1.54, 1.807) is 13.8 Å². The molecule has 1 amide bonds. The number of carbonyl (C=O) groups is 2. The maximum atomic E-state index is 12.7. The molecule has 5 heteroatoms. The van der Waals surface area contributed by atoms with Crippen LogP contribution in [0.1, 0.15) is 65.2 Å². The Balaban J connectivity index is 1.66. The van der Waals surface area contributed by atoms with Crippen LogP contribution in [0.15, 0.2) is 23.8 Å². The zero-order valence-corrected chi connectivity index (χ0v) is 18.0. The third-order valence-electron chi connectivity index (χ3n) is 7.52. The van der Waals surface area contributed by atoms with Gasteiger partial charge in [0.15, 0.2) is 0 Å². The first kappa shape index (κ1) is 21.1. The van der Waals surface area contributed by atoms with Crippen molar-refractivity contribution < 1.29 is 14.7 Å². The smallest absolute Gasteiger partial charge is 0.309 e. The van der Waals surface area contributed by atoms with Crippen molar-refractivity contribution in [2.45, 2.75) is 70.8 Å². The van der Waals surface area contributed by atoms with E-state index in [9.17, 15) is 14.7 Å². The van der Waals surface area contributed by atoms with Crippen LogP contribution in [0.3, 0.4) is 0 Å². The van der Waals surface area contributed by atoms with Crippen molar-refractivity contribution in [1.82, 2.24) is 9.80 Å². The van der Waals surface area contributed by atoms with Crippen LogP contribution in [0, 0.1) is 10.8 Å². The molecule has 1 N–H and O–H groups in total. The molecular weight excluding hydrogens is 352 g/mol. The van der Waals surface area contributed by atoms with Gasteiger partial charge in [-0.25, -0.2) is 0 Å². The molecule has 3 aliphatic rings. The number of amides is 1. The summed E-state index contributed by atoms with van der Waals surface area (Å²) in [7, 11) is 4.36. The Labute approximate surface area is 169 Å². The normalized spacial score (nSPS) is 31.0. The Morgan fingerprint density at radius 1 is 1.21 bits per heavy atom. The second-order valence-electron chi connectivity index (χ2n) is 10.00. The summed E-state index contributed by atoms with van der Waals surface area (Å²) in [6.45, 7) is 4.82. The van der Waals surface area contributed by atoms with Crippen LogP contribution in [-0.2, 0) is 9.59 Å². The zero-order chi connectivity index (χ0) is 20.6. The van der Waals surface area contributed by atoms with Gasteiger partial charge in [0.2, 0.25) is 5.91 Å². The van der Waals surface area contributed by atoms with Crippen molar-refractivity contribution in [2.24, 2.45) is 10.8 Å². The van der Waals surface area contributed by atoms with E-state index in [2.05, 4.69) is 37.2 Å². The molecule has 0 unspecified atom stereocenters. The number of carboxylic acids is 1. The van der Waals surface area contributed by atoms with E-state index in [-0.39, 0.29) is 16.9 Å². The van der Waals surface area contributed by atoms with E-state index in [0.29, 0.717) is 19.4 Å². The number of hydrogen-bond donors (Lipinski definition) is 1. The SMILES string of the molecule is CN(C)C1(C2=CCCC=C2)CCC2(CC1)CC(=O)N(CCC(C)(C)C(=O)O)C2. The number of carboxylic acid groups (broad SMARTS) is 1. The number of nitrogens with zero attached hydrogens (tertiary/aromatic N) is 2. The second-order valence-corrected chi connectivity index (χ2v) is 10.00. The van der Waals surface area contributed by atoms with Crippen LogP contribution >= 0.6 is 0 Å². The lowest BCUT2D eigenvalue weighted by Gasteiger charge is -2.49. The van der Waals surface area contributed by atoms with Crippen LogP contribution in [0.5, 0.6) is 0 Å². The monoisotopic (exact) mass is 388 g/mol. The summed E-state index contributed by atoms with van der Waals surface area (Å²) in [5.74, 6) is -0.591. The summed E-state index contributed by atoms with van der Waals surface area (Å²) in [6, 6.07) is 0. The molecular formula is C23H36N2O3. The molecule has 156 valence electrons. The minimum atomic E-state index is -0.795. The molecule has 1 aliphatic heterocycles. The standard InChI is InChI=1S/C23H36N2O3/c1-21(2,20(27)28)14-15-25-17-22(16-19(25)26)10-12-23(13-11-22,24(3)4)18-8-6-5-7-9-18/h6,8-9H,5,7,10-17H2,1-4H3,(H,27,28). The van der Waals surface area contributed by atoms with Crippen molar-refractivity contribution in [2.75, 3.05) is 27.2 Å². The van der Waals surface area contributed by atoms with Gasteiger partial charge in [-0.1, -0.05) is 18.2 Å². The first-order chi connectivity index (χ1) is 13.1. The highest BCUT2D eigenvalue weighted by Crippen LogP contribution is 2.51. The number of likely N-dealkylation sites (N-methyl/N-ethyl adjacent to an activating group) is 1. The van der Waals surface area contributed by atoms with E-state index in [1.807, 2.05) is 4.90 Å². The first-order valence-corrected chi connectivity index (χ1v) is 10.7. The van der Waals surface area contributed by atoms with E-state index >= 15 is 0 Å².